The van der Waals surface area contributed by atoms with Gasteiger partial charge in [0.15, 0.2) is 12.4 Å². The molecule has 41 heavy (non-hydrogen) atoms. The maximum absolute atomic E-state index is 12.4. The molecular weight excluding hydrogens is 526 g/mol. The van der Waals surface area contributed by atoms with Crippen molar-refractivity contribution in [3.05, 3.63) is 118 Å². The number of carbonyl (C=O) groups is 1. The van der Waals surface area contributed by atoms with Crippen LogP contribution in [0.4, 0.5) is 0 Å². The summed E-state index contributed by atoms with van der Waals surface area (Å²) in [6.07, 6.45) is -4.04. The highest BCUT2D eigenvalue weighted by Crippen LogP contribution is 2.31. The van der Waals surface area contributed by atoms with E-state index in [9.17, 15) is 4.79 Å². The maximum Gasteiger partial charge on any atom is 0.303 e. The van der Waals surface area contributed by atoms with E-state index in [0.717, 1.165) is 16.7 Å². The van der Waals surface area contributed by atoms with Crippen molar-refractivity contribution in [2.45, 2.75) is 57.5 Å². The van der Waals surface area contributed by atoms with E-state index in [1.165, 1.54) is 6.92 Å². The van der Waals surface area contributed by atoms with Crippen LogP contribution in [0.1, 0.15) is 23.6 Å². The minimum Gasteiger partial charge on any atom is -0.457 e. The van der Waals surface area contributed by atoms with Crippen LogP contribution in [0.25, 0.3) is 10.4 Å². The Morgan fingerprint density at radius 2 is 1.32 bits per heavy atom. The number of hydrogen-bond donors (Lipinski definition) is 0. The van der Waals surface area contributed by atoms with Gasteiger partial charge in [-0.05, 0) is 22.2 Å². The molecule has 1 fully saturated rings. The number of ether oxygens (including phenoxy) is 6. The molecule has 0 amide bonds. The molecule has 0 bridgehead atoms. The van der Waals surface area contributed by atoms with Crippen LogP contribution >= 0.6 is 0 Å². The van der Waals surface area contributed by atoms with Crippen molar-refractivity contribution in [1.82, 2.24) is 0 Å². The van der Waals surface area contributed by atoms with E-state index in [4.69, 9.17) is 34.0 Å². The molecule has 1 heterocycles. The number of rotatable bonds is 15. The molecule has 10 nitrogen and oxygen atoms in total. The molecule has 0 radical (unpaired) electrons. The van der Waals surface area contributed by atoms with Gasteiger partial charge in [0, 0.05) is 18.4 Å². The fraction of sp³-hybridized carbons (Fsp3) is 0.387. The van der Waals surface area contributed by atoms with E-state index in [0.29, 0.717) is 6.61 Å². The lowest BCUT2D eigenvalue weighted by molar-refractivity contribution is -0.321. The van der Waals surface area contributed by atoms with E-state index in [1.807, 2.05) is 91.0 Å². The minimum absolute atomic E-state index is 0.0832. The Hall–Kier alpha value is -3.76. The van der Waals surface area contributed by atoms with E-state index >= 15 is 0 Å². The molecule has 216 valence electrons. The topological polar surface area (TPSA) is 121 Å². The van der Waals surface area contributed by atoms with Gasteiger partial charge in [-0.2, -0.15) is 0 Å². The Labute approximate surface area is 239 Å². The molecule has 3 aromatic rings. The Bertz CT molecular complexity index is 1230. The first-order valence-corrected chi connectivity index (χ1v) is 13.5. The third-order valence-electron chi connectivity index (χ3n) is 6.39. The first kappa shape index (κ1) is 30.2. The van der Waals surface area contributed by atoms with Gasteiger partial charge in [-0.15, -0.1) is 0 Å². The second kappa shape index (κ2) is 16.5. The number of benzene rings is 3. The van der Waals surface area contributed by atoms with Gasteiger partial charge in [0.05, 0.1) is 33.0 Å². The van der Waals surface area contributed by atoms with Crippen LogP contribution in [-0.4, -0.2) is 56.4 Å². The van der Waals surface area contributed by atoms with E-state index in [2.05, 4.69) is 10.0 Å². The quantitative estimate of drug-likeness (QED) is 0.0805. The SMILES string of the molecule is CC(=O)O[C@H]1[C@@H](OCc2ccccc2)[C@@H](COCc2ccccc2)OC(OCCN=[N+]=[N-])[C@@H]1OCc1ccccc1. The van der Waals surface area contributed by atoms with Crippen molar-refractivity contribution in [3.8, 4) is 0 Å². The minimum atomic E-state index is -0.946. The summed E-state index contributed by atoms with van der Waals surface area (Å²) < 4.78 is 37.0. The fourth-order valence-corrected chi connectivity index (χ4v) is 4.51. The van der Waals surface area contributed by atoms with Gasteiger partial charge in [0.25, 0.3) is 0 Å². The zero-order valence-corrected chi connectivity index (χ0v) is 23.0. The molecule has 10 heteroatoms. The Balaban J connectivity index is 1.58. The lowest BCUT2D eigenvalue weighted by Gasteiger charge is -2.45. The fourth-order valence-electron chi connectivity index (χ4n) is 4.51. The third-order valence-corrected chi connectivity index (χ3v) is 6.39. The van der Waals surface area contributed by atoms with Gasteiger partial charge in [0.2, 0.25) is 0 Å². The molecular formula is C31H35N3O7. The van der Waals surface area contributed by atoms with Crippen molar-refractivity contribution >= 4 is 5.97 Å². The van der Waals surface area contributed by atoms with Crippen molar-refractivity contribution in [1.29, 1.82) is 0 Å². The van der Waals surface area contributed by atoms with Crippen LogP contribution in [0.3, 0.4) is 0 Å². The maximum atomic E-state index is 12.4. The zero-order valence-electron chi connectivity index (χ0n) is 23.0. The van der Waals surface area contributed by atoms with Crippen LogP contribution in [0.5, 0.6) is 0 Å². The first-order chi connectivity index (χ1) is 20.1. The van der Waals surface area contributed by atoms with Gasteiger partial charge in [0.1, 0.15) is 18.3 Å². The Kier molecular flexibility index (Phi) is 12.1. The van der Waals surface area contributed by atoms with Crippen LogP contribution in [0.15, 0.2) is 96.1 Å². The molecule has 1 aliphatic heterocycles. The molecule has 1 aliphatic rings. The average molecular weight is 562 g/mol. The molecule has 0 aromatic heterocycles. The van der Waals surface area contributed by atoms with Gasteiger partial charge in [-0.25, -0.2) is 0 Å². The lowest BCUT2D eigenvalue weighted by Crippen LogP contribution is -2.62. The summed E-state index contributed by atoms with van der Waals surface area (Å²) in [5.74, 6) is -0.490. The Morgan fingerprint density at radius 3 is 1.85 bits per heavy atom. The van der Waals surface area contributed by atoms with Crippen LogP contribution in [-0.2, 0) is 53.0 Å². The molecule has 4 rings (SSSR count). The molecule has 5 atom stereocenters. The summed E-state index contributed by atoms with van der Waals surface area (Å²) in [5, 5.41) is 3.55. The highest BCUT2D eigenvalue weighted by atomic mass is 16.7. The molecule has 1 unspecified atom stereocenters. The van der Waals surface area contributed by atoms with E-state index in [-0.39, 0.29) is 33.0 Å². The van der Waals surface area contributed by atoms with Crippen molar-refractivity contribution in [3.63, 3.8) is 0 Å². The predicted octanol–water partition coefficient (Wildman–Crippen LogP) is 5.36. The van der Waals surface area contributed by atoms with Crippen molar-refractivity contribution < 1.29 is 33.2 Å². The zero-order chi connectivity index (χ0) is 28.7. The summed E-state index contributed by atoms with van der Waals surface area (Å²) in [6, 6.07) is 29.1. The molecule has 0 spiro atoms. The molecule has 0 saturated carbocycles. The lowest BCUT2D eigenvalue weighted by atomic mass is 9.98. The summed E-state index contributed by atoms with van der Waals surface area (Å²) in [5.41, 5.74) is 11.6. The third kappa shape index (κ3) is 9.68. The number of nitrogens with zero attached hydrogens (tertiary/aromatic N) is 3. The Morgan fingerprint density at radius 1 is 0.780 bits per heavy atom. The van der Waals surface area contributed by atoms with Crippen LogP contribution in [0.2, 0.25) is 0 Å². The predicted molar refractivity (Wildman–Crippen MR) is 150 cm³/mol. The van der Waals surface area contributed by atoms with Crippen LogP contribution < -0.4 is 0 Å². The molecule has 0 aliphatic carbocycles. The smallest absolute Gasteiger partial charge is 0.303 e. The standard InChI is InChI=1S/C31H35N3O7/c1-23(35)40-29-28(38-20-25-13-7-3-8-14-25)27(22-36-19-24-11-5-2-6-12-24)41-31(37-18-17-33-34-32)30(29)39-21-26-15-9-4-10-16-26/h2-16,27-31H,17-22H2,1H3/t27-,28+,29+,30-,31?/m1/s1. The molecule has 1 saturated heterocycles. The van der Waals surface area contributed by atoms with Gasteiger partial charge in [-0.1, -0.05) is 96.1 Å². The summed E-state index contributed by atoms with van der Waals surface area (Å²) in [7, 11) is 0. The van der Waals surface area contributed by atoms with Crippen molar-refractivity contribution in [2.75, 3.05) is 19.8 Å². The van der Waals surface area contributed by atoms with E-state index < -0.39 is 36.7 Å². The normalized spacial score (nSPS) is 22.0. The molecule has 0 N–H and O–H groups in total. The second-order valence-corrected chi connectivity index (χ2v) is 9.47. The van der Waals surface area contributed by atoms with Gasteiger partial charge < -0.3 is 28.4 Å². The highest BCUT2D eigenvalue weighted by molar-refractivity contribution is 5.66. The molecule has 3 aromatic carbocycles. The summed E-state index contributed by atoms with van der Waals surface area (Å²) in [4.78, 5) is 15.1. The van der Waals surface area contributed by atoms with Crippen LogP contribution in [0, 0.1) is 0 Å². The monoisotopic (exact) mass is 561 g/mol. The average Bonchev–Trinajstić information content (AvgIpc) is 3.00. The second-order valence-electron chi connectivity index (χ2n) is 9.47. The largest absolute Gasteiger partial charge is 0.457 e. The number of hydrogen-bond acceptors (Lipinski definition) is 8. The van der Waals surface area contributed by atoms with Crippen molar-refractivity contribution in [2.24, 2.45) is 5.11 Å². The van der Waals surface area contributed by atoms with E-state index in [1.54, 1.807) is 0 Å². The van der Waals surface area contributed by atoms with Gasteiger partial charge >= 0.3 is 5.97 Å². The number of esters is 1. The summed E-state index contributed by atoms with van der Waals surface area (Å²) >= 11 is 0. The number of azide groups is 1. The van der Waals surface area contributed by atoms with Gasteiger partial charge in [-0.3, -0.25) is 4.79 Å². The summed E-state index contributed by atoms with van der Waals surface area (Å²) in [6.45, 7) is 2.52. The first-order valence-electron chi connectivity index (χ1n) is 13.5. The highest BCUT2D eigenvalue weighted by Gasteiger charge is 2.50. The number of carbonyl (C=O) groups excluding carboxylic acids is 1.